The Balaban J connectivity index is 2.15. The Morgan fingerprint density at radius 3 is 2.61 bits per heavy atom. The summed E-state index contributed by atoms with van der Waals surface area (Å²) in [4.78, 5) is 26.9. The monoisotopic (exact) mass is 622 g/mol. The van der Waals surface area contributed by atoms with E-state index in [2.05, 4.69) is 93.7 Å². The maximum absolute atomic E-state index is 12.9. The molecule has 0 radical (unpaired) electrons. The van der Waals surface area contributed by atoms with Crippen LogP contribution < -0.4 is 0 Å². The molecule has 38 heavy (non-hydrogen) atoms. The maximum Gasteiger partial charge on any atom is 0.305 e. The van der Waals surface area contributed by atoms with Crippen LogP contribution in [0.15, 0.2) is 47.5 Å². The van der Waals surface area contributed by atoms with Crippen molar-refractivity contribution in [3.63, 3.8) is 0 Å². The van der Waals surface area contributed by atoms with Crippen LogP contribution in [0.4, 0.5) is 0 Å². The molecule has 1 heterocycles. The third-order valence-electron chi connectivity index (χ3n) is 8.03. The Hall–Kier alpha value is -1.28. The topological polar surface area (TPSA) is 52.6 Å². The molecule has 1 aliphatic carbocycles. The van der Waals surface area contributed by atoms with Crippen molar-refractivity contribution in [3.8, 4) is 0 Å². The standard InChI is InChI=1S/C31H47BrO4SSi/c1-9-23-20-29(33)27(14-12-10-11-13-15-30(34)35-6)26(23)19-17-24(36-38(7,8)31(3,4)5)16-18-25-21-28(32)22(2)37-25/h9-10,12,17,19,21,23-24,26-27H,1,11,13-16,18,20H2,2-8H3/b12-10-,19-17+/t23?,24-,26-,27+/m0/s1. The maximum atomic E-state index is 12.9. The van der Waals surface area contributed by atoms with Gasteiger partial charge in [-0.3, -0.25) is 9.59 Å². The van der Waals surface area contributed by atoms with Gasteiger partial charge in [-0.05, 0) is 91.0 Å². The normalized spacial score (nSPS) is 21.5. The molecule has 1 aromatic heterocycles. The highest BCUT2D eigenvalue weighted by atomic mass is 79.9. The lowest BCUT2D eigenvalue weighted by molar-refractivity contribution is -0.140. The van der Waals surface area contributed by atoms with Crippen LogP contribution in [-0.4, -0.2) is 33.3 Å². The van der Waals surface area contributed by atoms with E-state index in [-0.39, 0.29) is 34.9 Å². The molecule has 1 aromatic rings. The Bertz CT molecular complexity index is 985. The lowest BCUT2D eigenvalue weighted by Crippen LogP contribution is -2.43. The van der Waals surface area contributed by atoms with Gasteiger partial charge in [0.2, 0.25) is 0 Å². The van der Waals surface area contributed by atoms with Crippen molar-refractivity contribution in [2.24, 2.45) is 17.8 Å². The zero-order chi connectivity index (χ0) is 28.5. The van der Waals surface area contributed by atoms with Gasteiger partial charge in [0, 0.05) is 33.0 Å². The minimum Gasteiger partial charge on any atom is -0.469 e. The van der Waals surface area contributed by atoms with Gasteiger partial charge in [-0.25, -0.2) is 0 Å². The van der Waals surface area contributed by atoms with Gasteiger partial charge in [-0.2, -0.15) is 0 Å². The second-order valence-electron chi connectivity index (χ2n) is 11.9. The van der Waals surface area contributed by atoms with Crippen LogP contribution in [0, 0.1) is 24.7 Å². The van der Waals surface area contributed by atoms with Gasteiger partial charge in [0.05, 0.1) is 13.2 Å². The molecule has 212 valence electrons. The molecule has 1 aliphatic rings. The molecule has 0 aliphatic heterocycles. The van der Waals surface area contributed by atoms with E-state index in [1.54, 1.807) is 0 Å². The van der Waals surface area contributed by atoms with Crippen molar-refractivity contribution in [1.29, 1.82) is 0 Å². The smallest absolute Gasteiger partial charge is 0.305 e. The van der Waals surface area contributed by atoms with Crippen LogP contribution in [0.25, 0.3) is 0 Å². The highest BCUT2D eigenvalue weighted by Gasteiger charge is 2.40. The van der Waals surface area contributed by atoms with E-state index in [0.29, 0.717) is 25.0 Å². The lowest BCUT2D eigenvalue weighted by atomic mass is 9.86. The van der Waals surface area contributed by atoms with E-state index in [1.165, 1.54) is 21.3 Å². The molecule has 1 saturated carbocycles. The van der Waals surface area contributed by atoms with Crippen LogP contribution in [0.1, 0.15) is 69.1 Å². The summed E-state index contributed by atoms with van der Waals surface area (Å²) in [6.07, 6.45) is 15.8. The summed E-state index contributed by atoms with van der Waals surface area (Å²) in [5.41, 5.74) is 0. The number of Topliss-reactive ketones (excluding diaryl/α,β-unsaturated/α-hetero) is 1. The highest BCUT2D eigenvalue weighted by Crippen LogP contribution is 2.40. The molecule has 7 heteroatoms. The number of aryl methyl sites for hydroxylation is 2. The molecule has 0 bridgehead atoms. The Morgan fingerprint density at radius 1 is 1.32 bits per heavy atom. The number of hydrogen-bond donors (Lipinski definition) is 0. The van der Waals surface area contributed by atoms with E-state index >= 15 is 0 Å². The summed E-state index contributed by atoms with van der Waals surface area (Å²) < 4.78 is 12.8. The fourth-order valence-electron chi connectivity index (χ4n) is 4.59. The molecule has 0 N–H and O–H groups in total. The molecule has 1 fully saturated rings. The highest BCUT2D eigenvalue weighted by molar-refractivity contribution is 9.10. The summed E-state index contributed by atoms with van der Waals surface area (Å²) in [6.45, 7) is 17.6. The molecule has 0 saturated heterocycles. The molecular weight excluding hydrogens is 576 g/mol. The molecule has 0 spiro atoms. The number of methoxy groups -OCH3 is 1. The Kier molecular flexibility index (Phi) is 12.9. The Labute approximate surface area is 244 Å². The molecule has 0 aromatic carbocycles. The van der Waals surface area contributed by atoms with E-state index in [0.717, 1.165) is 25.7 Å². The lowest BCUT2D eigenvalue weighted by Gasteiger charge is -2.38. The summed E-state index contributed by atoms with van der Waals surface area (Å²) in [5.74, 6) is 0.365. The Morgan fingerprint density at radius 2 is 2.03 bits per heavy atom. The van der Waals surface area contributed by atoms with E-state index in [4.69, 9.17) is 9.16 Å². The van der Waals surface area contributed by atoms with Gasteiger partial charge in [-0.1, -0.05) is 51.2 Å². The molecule has 4 nitrogen and oxygen atoms in total. The van der Waals surface area contributed by atoms with Crippen molar-refractivity contribution in [2.75, 3.05) is 7.11 Å². The van der Waals surface area contributed by atoms with Gasteiger partial charge in [0.1, 0.15) is 5.78 Å². The van der Waals surface area contributed by atoms with Gasteiger partial charge in [-0.15, -0.1) is 17.9 Å². The van der Waals surface area contributed by atoms with Crippen LogP contribution in [-0.2, 0) is 25.2 Å². The average molecular weight is 624 g/mol. The zero-order valence-corrected chi connectivity index (χ0v) is 27.8. The quantitative estimate of drug-likeness (QED) is 0.0899. The summed E-state index contributed by atoms with van der Waals surface area (Å²) in [5, 5.41) is 0.121. The fraction of sp³-hybridized carbons (Fsp3) is 0.613. The zero-order valence-electron chi connectivity index (χ0n) is 24.3. The van der Waals surface area contributed by atoms with Gasteiger partial charge in [0.15, 0.2) is 8.32 Å². The first-order valence-corrected chi connectivity index (χ1v) is 18.3. The third-order valence-corrected chi connectivity index (χ3v) is 14.7. The number of ketones is 1. The van der Waals surface area contributed by atoms with Crippen molar-refractivity contribution < 1.29 is 18.8 Å². The van der Waals surface area contributed by atoms with Crippen LogP contribution in [0.3, 0.4) is 0 Å². The van der Waals surface area contributed by atoms with Crippen LogP contribution in [0.2, 0.25) is 18.1 Å². The number of carbonyl (C=O) groups excluding carboxylic acids is 2. The van der Waals surface area contributed by atoms with E-state index < -0.39 is 8.32 Å². The van der Waals surface area contributed by atoms with Gasteiger partial charge >= 0.3 is 5.97 Å². The van der Waals surface area contributed by atoms with E-state index in [1.807, 2.05) is 17.4 Å². The average Bonchev–Trinajstić information content (AvgIpc) is 3.33. The number of esters is 1. The minimum absolute atomic E-state index is 0.00718. The summed E-state index contributed by atoms with van der Waals surface area (Å²) in [7, 11) is -0.563. The largest absolute Gasteiger partial charge is 0.469 e. The molecule has 2 rings (SSSR count). The van der Waals surface area contributed by atoms with Gasteiger partial charge in [0.25, 0.3) is 0 Å². The van der Waals surface area contributed by atoms with Crippen molar-refractivity contribution in [3.05, 3.63) is 57.3 Å². The summed E-state index contributed by atoms with van der Waals surface area (Å²) in [6, 6.07) is 2.23. The number of hydrogen-bond acceptors (Lipinski definition) is 5. The van der Waals surface area contributed by atoms with E-state index in [9.17, 15) is 9.59 Å². The van der Waals surface area contributed by atoms with Crippen LogP contribution >= 0.6 is 27.3 Å². The predicted octanol–water partition coefficient (Wildman–Crippen LogP) is 9.00. The summed E-state index contributed by atoms with van der Waals surface area (Å²) >= 11 is 5.49. The fourth-order valence-corrected chi connectivity index (χ4v) is 7.52. The third kappa shape index (κ3) is 9.72. The minimum atomic E-state index is -1.98. The second kappa shape index (κ2) is 14.9. The van der Waals surface area contributed by atoms with Crippen molar-refractivity contribution >= 4 is 47.3 Å². The first-order chi connectivity index (χ1) is 17.8. The second-order valence-corrected chi connectivity index (χ2v) is 18.8. The van der Waals surface area contributed by atoms with Crippen molar-refractivity contribution in [2.45, 2.75) is 96.9 Å². The molecule has 4 atom stereocenters. The van der Waals surface area contributed by atoms with Crippen LogP contribution in [0.5, 0.6) is 0 Å². The molecular formula is C31H47BrO4SSi. The number of thiophene rings is 1. The number of ether oxygens (including phenoxy) is 1. The number of unbranched alkanes of at least 4 members (excludes halogenated alkanes) is 1. The SMILES string of the molecule is C=CC1CC(=O)[C@H](C/C=C\CCCC(=O)OC)[C@H]1/C=C/[C@H](CCc1cc(Br)c(C)s1)O[Si](C)(C)C(C)(C)C. The van der Waals surface area contributed by atoms with Crippen molar-refractivity contribution in [1.82, 2.24) is 0 Å². The van der Waals surface area contributed by atoms with Gasteiger partial charge < -0.3 is 9.16 Å². The first kappa shape index (κ1) is 32.9. The molecule has 1 unspecified atom stereocenters. The number of rotatable bonds is 14. The number of halogens is 1. The first-order valence-electron chi connectivity index (χ1n) is 13.8. The predicted molar refractivity (Wildman–Crippen MR) is 166 cm³/mol. The number of allylic oxidation sites excluding steroid dienone is 4. The molecule has 0 amide bonds. The number of carbonyl (C=O) groups is 2.